The van der Waals surface area contributed by atoms with Gasteiger partial charge in [-0.2, -0.15) is 0 Å². The number of hydrogen-bond acceptors (Lipinski definition) is 2. The van der Waals surface area contributed by atoms with Crippen LogP contribution in [0.3, 0.4) is 0 Å². The molecule has 104 valence electrons. The van der Waals surface area contributed by atoms with E-state index in [0.717, 1.165) is 10.0 Å². The highest BCUT2D eigenvalue weighted by atomic mass is 79.9. The summed E-state index contributed by atoms with van der Waals surface area (Å²) in [6.07, 6.45) is 0. The number of carbonyl (C=O) groups is 1. The van der Waals surface area contributed by atoms with Crippen molar-refractivity contribution < 1.29 is 4.79 Å². The largest absolute Gasteiger partial charge is 0.398 e. The zero-order chi connectivity index (χ0) is 14.7. The quantitative estimate of drug-likeness (QED) is 0.849. The molecule has 0 spiro atoms. The predicted molar refractivity (Wildman–Crippen MR) is 85.8 cm³/mol. The maximum absolute atomic E-state index is 12.4. The lowest BCUT2D eigenvalue weighted by Crippen LogP contribution is -2.26. The second kappa shape index (κ2) is 6.29. The van der Waals surface area contributed by atoms with Crippen molar-refractivity contribution in [3.63, 3.8) is 0 Å². The van der Waals surface area contributed by atoms with Crippen LogP contribution >= 0.6 is 27.5 Å². The van der Waals surface area contributed by atoms with E-state index in [2.05, 4.69) is 15.9 Å². The number of hydrogen-bond donors (Lipinski definition) is 1. The normalized spacial score (nSPS) is 10.3. The zero-order valence-electron chi connectivity index (χ0n) is 10.9. The molecule has 0 atom stereocenters. The first kappa shape index (κ1) is 14.9. The van der Waals surface area contributed by atoms with E-state index in [1.54, 1.807) is 30.1 Å². The molecule has 0 radical (unpaired) electrons. The molecule has 2 rings (SSSR count). The fraction of sp³-hybridized carbons (Fsp3) is 0.133. The van der Waals surface area contributed by atoms with Gasteiger partial charge in [0.05, 0.1) is 5.56 Å². The summed E-state index contributed by atoms with van der Waals surface area (Å²) in [5, 5.41) is 0.680. The van der Waals surface area contributed by atoms with Gasteiger partial charge in [-0.25, -0.2) is 0 Å². The second-order valence-electron chi connectivity index (χ2n) is 4.52. The van der Waals surface area contributed by atoms with Crippen LogP contribution in [0.5, 0.6) is 0 Å². The van der Waals surface area contributed by atoms with Crippen LogP contribution < -0.4 is 5.73 Å². The molecule has 0 heterocycles. The van der Waals surface area contributed by atoms with E-state index in [0.29, 0.717) is 22.8 Å². The standard InChI is InChI=1S/C15H14BrClN2O/c1-19(9-10-2-5-12(17)6-3-10)15(20)13-7-4-11(16)8-14(13)18/h2-8H,9,18H2,1H3. The Labute approximate surface area is 131 Å². The number of anilines is 1. The second-order valence-corrected chi connectivity index (χ2v) is 5.87. The summed E-state index contributed by atoms with van der Waals surface area (Å²) in [5.41, 5.74) is 7.86. The topological polar surface area (TPSA) is 46.3 Å². The molecule has 0 aromatic heterocycles. The predicted octanol–water partition coefficient (Wildman–Crippen LogP) is 3.96. The molecule has 0 fully saturated rings. The molecule has 0 saturated heterocycles. The van der Waals surface area contributed by atoms with Gasteiger partial charge in [-0.3, -0.25) is 4.79 Å². The molecule has 0 unspecified atom stereocenters. The van der Waals surface area contributed by atoms with Crippen LogP contribution in [0.25, 0.3) is 0 Å². The Morgan fingerprint density at radius 3 is 2.50 bits per heavy atom. The summed E-state index contributed by atoms with van der Waals surface area (Å²) in [6.45, 7) is 0.505. The molecular weight excluding hydrogens is 340 g/mol. The first-order valence-electron chi connectivity index (χ1n) is 6.02. The molecule has 1 amide bonds. The van der Waals surface area contributed by atoms with Gasteiger partial charge in [0.15, 0.2) is 0 Å². The number of nitrogen functional groups attached to an aromatic ring is 1. The van der Waals surface area contributed by atoms with Crippen molar-refractivity contribution in [3.05, 3.63) is 63.1 Å². The average molecular weight is 354 g/mol. The van der Waals surface area contributed by atoms with Crippen LogP contribution in [0.1, 0.15) is 15.9 Å². The molecule has 3 nitrogen and oxygen atoms in total. The molecule has 0 bridgehead atoms. The Bertz CT molecular complexity index is 628. The van der Waals surface area contributed by atoms with Crippen LogP contribution in [0.2, 0.25) is 5.02 Å². The van der Waals surface area contributed by atoms with E-state index >= 15 is 0 Å². The van der Waals surface area contributed by atoms with Crippen molar-refractivity contribution in [1.29, 1.82) is 0 Å². The van der Waals surface area contributed by atoms with E-state index in [9.17, 15) is 4.79 Å². The minimum atomic E-state index is -0.107. The van der Waals surface area contributed by atoms with Crippen LogP contribution in [0.15, 0.2) is 46.9 Å². The molecule has 2 N–H and O–H groups in total. The molecular formula is C15H14BrClN2O. The van der Waals surface area contributed by atoms with Crippen molar-refractivity contribution in [3.8, 4) is 0 Å². The monoisotopic (exact) mass is 352 g/mol. The number of rotatable bonds is 3. The van der Waals surface area contributed by atoms with Gasteiger partial charge in [0.2, 0.25) is 0 Å². The van der Waals surface area contributed by atoms with Gasteiger partial charge in [-0.05, 0) is 35.9 Å². The molecule has 20 heavy (non-hydrogen) atoms. The Kier molecular flexibility index (Phi) is 4.68. The van der Waals surface area contributed by atoms with Gasteiger partial charge in [0.1, 0.15) is 0 Å². The summed E-state index contributed by atoms with van der Waals surface area (Å²) < 4.78 is 0.854. The number of nitrogens with two attached hydrogens (primary N) is 1. The van der Waals surface area contributed by atoms with Gasteiger partial charge >= 0.3 is 0 Å². The SMILES string of the molecule is CN(Cc1ccc(Cl)cc1)C(=O)c1ccc(Br)cc1N. The molecule has 0 aliphatic heterocycles. The van der Waals surface area contributed by atoms with Crippen LogP contribution in [-0.4, -0.2) is 17.9 Å². The number of amides is 1. The Morgan fingerprint density at radius 1 is 1.25 bits per heavy atom. The summed E-state index contributed by atoms with van der Waals surface area (Å²) in [6, 6.07) is 12.7. The summed E-state index contributed by atoms with van der Waals surface area (Å²) in [4.78, 5) is 14.0. The minimum Gasteiger partial charge on any atom is -0.398 e. The van der Waals surface area contributed by atoms with Gasteiger partial charge in [-0.1, -0.05) is 39.7 Å². The molecule has 5 heteroatoms. The van der Waals surface area contributed by atoms with Crippen molar-refractivity contribution >= 4 is 39.1 Å². The average Bonchev–Trinajstić information content (AvgIpc) is 2.40. The summed E-state index contributed by atoms with van der Waals surface area (Å²) in [5.74, 6) is -0.107. The third kappa shape index (κ3) is 3.52. The van der Waals surface area contributed by atoms with Gasteiger partial charge in [0, 0.05) is 28.8 Å². The van der Waals surface area contributed by atoms with Gasteiger partial charge < -0.3 is 10.6 Å². The molecule has 0 saturated carbocycles. The van der Waals surface area contributed by atoms with Crippen molar-refractivity contribution in [2.24, 2.45) is 0 Å². The summed E-state index contributed by atoms with van der Waals surface area (Å²) >= 11 is 9.17. The zero-order valence-corrected chi connectivity index (χ0v) is 13.3. The fourth-order valence-electron chi connectivity index (χ4n) is 1.87. The number of benzene rings is 2. The van der Waals surface area contributed by atoms with Crippen molar-refractivity contribution in [2.75, 3.05) is 12.8 Å². The van der Waals surface area contributed by atoms with Crippen LogP contribution in [-0.2, 0) is 6.54 Å². The number of nitrogens with zero attached hydrogens (tertiary/aromatic N) is 1. The van der Waals surface area contributed by atoms with Gasteiger partial charge in [-0.15, -0.1) is 0 Å². The Morgan fingerprint density at radius 2 is 1.90 bits per heavy atom. The smallest absolute Gasteiger partial charge is 0.255 e. The van der Waals surface area contributed by atoms with E-state index in [1.165, 1.54) is 0 Å². The highest BCUT2D eigenvalue weighted by Crippen LogP contribution is 2.20. The van der Waals surface area contributed by atoms with Crippen molar-refractivity contribution in [2.45, 2.75) is 6.54 Å². The number of halogens is 2. The lowest BCUT2D eigenvalue weighted by Gasteiger charge is -2.18. The number of carbonyl (C=O) groups excluding carboxylic acids is 1. The third-order valence-electron chi connectivity index (χ3n) is 2.92. The van der Waals surface area contributed by atoms with E-state index in [4.69, 9.17) is 17.3 Å². The summed E-state index contributed by atoms with van der Waals surface area (Å²) in [7, 11) is 1.75. The first-order chi connectivity index (χ1) is 9.47. The lowest BCUT2D eigenvalue weighted by molar-refractivity contribution is 0.0786. The van der Waals surface area contributed by atoms with Crippen LogP contribution in [0.4, 0.5) is 5.69 Å². The first-order valence-corrected chi connectivity index (χ1v) is 7.19. The molecule has 0 aliphatic rings. The Hall–Kier alpha value is -1.52. The molecule has 2 aromatic carbocycles. The maximum Gasteiger partial charge on any atom is 0.255 e. The fourth-order valence-corrected chi connectivity index (χ4v) is 2.37. The molecule has 2 aromatic rings. The minimum absolute atomic E-state index is 0.107. The molecule has 0 aliphatic carbocycles. The van der Waals surface area contributed by atoms with E-state index in [-0.39, 0.29) is 5.91 Å². The van der Waals surface area contributed by atoms with Crippen LogP contribution in [0, 0.1) is 0 Å². The van der Waals surface area contributed by atoms with E-state index < -0.39 is 0 Å². The van der Waals surface area contributed by atoms with E-state index in [1.807, 2.05) is 24.3 Å². The van der Waals surface area contributed by atoms with Crippen molar-refractivity contribution in [1.82, 2.24) is 4.90 Å². The highest BCUT2D eigenvalue weighted by molar-refractivity contribution is 9.10. The highest BCUT2D eigenvalue weighted by Gasteiger charge is 2.15. The maximum atomic E-state index is 12.4. The Balaban J connectivity index is 2.14. The van der Waals surface area contributed by atoms with Gasteiger partial charge in [0.25, 0.3) is 5.91 Å². The third-order valence-corrected chi connectivity index (χ3v) is 3.67. The lowest BCUT2D eigenvalue weighted by atomic mass is 10.1.